The van der Waals surface area contributed by atoms with Crippen LogP contribution < -0.4 is 5.56 Å². The van der Waals surface area contributed by atoms with Crippen LogP contribution in [-0.4, -0.2) is 39.1 Å². The number of esters is 1. The van der Waals surface area contributed by atoms with E-state index in [0.717, 1.165) is 10.2 Å². The number of para-hydroxylation sites is 1. The van der Waals surface area contributed by atoms with Gasteiger partial charge in [-0.05, 0) is 39.8 Å². The van der Waals surface area contributed by atoms with E-state index in [4.69, 9.17) is 4.74 Å². The molecule has 0 atom stereocenters. The van der Waals surface area contributed by atoms with Gasteiger partial charge in [-0.1, -0.05) is 23.5 Å². The Labute approximate surface area is 160 Å². The van der Waals surface area contributed by atoms with Gasteiger partial charge >= 0.3 is 5.97 Å². The van der Waals surface area contributed by atoms with Crippen LogP contribution in [0.4, 0.5) is 0 Å². The predicted molar refractivity (Wildman–Crippen MR) is 107 cm³/mol. The van der Waals surface area contributed by atoms with Gasteiger partial charge < -0.3 is 4.74 Å². The van der Waals surface area contributed by atoms with E-state index in [2.05, 4.69) is 15.1 Å². The molecule has 1 aromatic carbocycles. The number of methoxy groups -OCH3 is 1. The predicted octanol–water partition coefficient (Wildman–Crippen LogP) is 3.10. The lowest BCUT2D eigenvalue weighted by molar-refractivity contribution is -0.139. The van der Waals surface area contributed by atoms with Crippen molar-refractivity contribution in [1.29, 1.82) is 0 Å². The highest BCUT2D eigenvalue weighted by atomic mass is 32.1. The maximum absolute atomic E-state index is 13.1. The molecule has 0 saturated carbocycles. The SMILES string of the molecule is COC(=O)Cc1[nH]n(-c2nc3ccccc3s2)c(=O)c1C(C)=NC(C)(C)C. The number of carbonyl (C=O) groups excluding carboxylic acids is 1. The molecule has 0 bridgehead atoms. The average molecular weight is 386 g/mol. The van der Waals surface area contributed by atoms with Crippen LogP contribution in [0.2, 0.25) is 0 Å². The number of nitrogens with zero attached hydrogens (tertiary/aromatic N) is 3. The molecule has 142 valence electrons. The van der Waals surface area contributed by atoms with Gasteiger partial charge in [0.25, 0.3) is 5.56 Å². The van der Waals surface area contributed by atoms with Crippen LogP contribution in [-0.2, 0) is 16.0 Å². The first-order valence-corrected chi connectivity index (χ1v) is 9.35. The second-order valence-electron chi connectivity index (χ2n) is 7.19. The van der Waals surface area contributed by atoms with Crippen molar-refractivity contribution in [3.05, 3.63) is 45.9 Å². The minimum absolute atomic E-state index is 0.0457. The van der Waals surface area contributed by atoms with Crippen LogP contribution in [0.25, 0.3) is 15.3 Å². The van der Waals surface area contributed by atoms with E-state index in [1.165, 1.54) is 23.1 Å². The van der Waals surface area contributed by atoms with Crippen LogP contribution >= 0.6 is 11.3 Å². The zero-order chi connectivity index (χ0) is 19.8. The molecule has 0 unspecified atom stereocenters. The molecule has 0 aliphatic carbocycles. The molecule has 0 spiro atoms. The standard InChI is InChI=1S/C19H22N4O3S/c1-11(21-19(2,3)4)16-13(10-15(24)26-5)22-23(17(16)25)18-20-12-8-6-7-9-14(12)27-18/h6-9,22H,10H2,1-5H3. The first kappa shape index (κ1) is 19.0. The van der Waals surface area contributed by atoms with Gasteiger partial charge in [-0.3, -0.25) is 19.7 Å². The number of nitrogens with one attached hydrogen (secondary N) is 1. The molecule has 0 amide bonds. The summed E-state index contributed by atoms with van der Waals surface area (Å²) in [6, 6.07) is 7.67. The van der Waals surface area contributed by atoms with Gasteiger partial charge in [0.2, 0.25) is 5.13 Å². The summed E-state index contributed by atoms with van der Waals surface area (Å²) in [4.78, 5) is 34.1. The van der Waals surface area contributed by atoms with E-state index in [9.17, 15) is 9.59 Å². The van der Waals surface area contributed by atoms with Crippen molar-refractivity contribution >= 4 is 33.2 Å². The average Bonchev–Trinajstić information content (AvgIpc) is 3.13. The van der Waals surface area contributed by atoms with Crippen molar-refractivity contribution < 1.29 is 9.53 Å². The summed E-state index contributed by atoms with van der Waals surface area (Å²) in [5.41, 5.74) is 1.61. The van der Waals surface area contributed by atoms with Gasteiger partial charge in [0, 0.05) is 5.71 Å². The van der Waals surface area contributed by atoms with E-state index in [1.54, 1.807) is 6.92 Å². The summed E-state index contributed by atoms with van der Waals surface area (Å²) in [6.07, 6.45) is -0.0457. The molecule has 2 aromatic heterocycles. The smallest absolute Gasteiger partial charge is 0.311 e. The molecule has 0 saturated heterocycles. The zero-order valence-electron chi connectivity index (χ0n) is 16.0. The molecule has 3 aromatic rings. The Bertz CT molecular complexity index is 1050. The zero-order valence-corrected chi connectivity index (χ0v) is 16.8. The fourth-order valence-corrected chi connectivity index (χ4v) is 3.77. The number of hydrogen-bond acceptors (Lipinski definition) is 6. The maximum Gasteiger partial charge on any atom is 0.311 e. The van der Waals surface area contributed by atoms with Gasteiger partial charge in [0.1, 0.15) is 0 Å². The molecule has 0 radical (unpaired) electrons. The molecular formula is C19H22N4O3S. The molecule has 1 N–H and O–H groups in total. The Kier molecular flexibility index (Phi) is 5.01. The van der Waals surface area contributed by atoms with Crippen LogP contribution in [0.5, 0.6) is 0 Å². The first-order valence-electron chi connectivity index (χ1n) is 8.53. The fourth-order valence-electron chi connectivity index (χ4n) is 2.85. The third-order valence-electron chi connectivity index (χ3n) is 3.85. The number of aromatic nitrogens is 3. The number of aromatic amines is 1. The summed E-state index contributed by atoms with van der Waals surface area (Å²) in [5, 5.41) is 3.55. The lowest BCUT2D eigenvalue weighted by Gasteiger charge is -2.13. The second-order valence-corrected chi connectivity index (χ2v) is 8.20. The van der Waals surface area contributed by atoms with E-state index >= 15 is 0 Å². The maximum atomic E-state index is 13.1. The second kappa shape index (κ2) is 7.11. The lowest BCUT2D eigenvalue weighted by Crippen LogP contribution is -2.22. The Hall–Kier alpha value is -2.74. The molecule has 2 heterocycles. The molecule has 0 fully saturated rings. The highest BCUT2D eigenvalue weighted by molar-refractivity contribution is 7.20. The molecule has 7 nitrogen and oxygen atoms in total. The van der Waals surface area contributed by atoms with E-state index in [1.807, 2.05) is 45.0 Å². The highest BCUT2D eigenvalue weighted by Gasteiger charge is 2.23. The summed E-state index contributed by atoms with van der Waals surface area (Å²) in [6.45, 7) is 7.64. The summed E-state index contributed by atoms with van der Waals surface area (Å²) in [7, 11) is 1.32. The van der Waals surface area contributed by atoms with Crippen molar-refractivity contribution in [2.45, 2.75) is 39.7 Å². The van der Waals surface area contributed by atoms with Crippen LogP contribution in [0, 0.1) is 0 Å². The molecule has 0 aliphatic heterocycles. The Morgan fingerprint density at radius 1 is 1.33 bits per heavy atom. The van der Waals surface area contributed by atoms with Crippen LogP contribution in [0.3, 0.4) is 0 Å². The van der Waals surface area contributed by atoms with Crippen molar-refractivity contribution in [3.63, 3.8) is 0 Å². The number of rotatable bonds is 4. The summed E-state index contributed by atoms with van der Waals surface area (Å²) in [5.74, 6) is -0.433. The van der Waals surface area contributed by atoms with Gasteiger partial charge in [0.15, 0.2) is 0 Å². The van der Waals surface area contributed by atoms with Crippen LogP contribution in [0.15, 0.2) is 34.1 Å². The van der Waals surface area contributed by atoms with Crippen molar-refractivity contribution in [3.8, 4) is 5.13 Å². The topological polar surface area (TPSA) is 89.3 Å². The summed E-state index contributed by atoms with van der Waals surface area (Å²) >= 11 is 1.40. The van der Waals surface area contributed by atoms with E-state index in [0.29, 0.717) is 22.1 Å². The Balaban J connectivity index is 2.18. The van der Waals surface area contributed by atoms with Gasteiger partial charge in [-0.15, -0.1) is 0 Å². The monoisotopic (exact) mass is 386 g/mol. The number of ether oxygens (including phenoxy) is 1. The number of benzene rings is 1. The van der Waals surface area contributed by atoms with Crippen molar-refractivity contribution in [2.75, 3.05) is 7.11 Å². The van der Waals surface area contributed by atoms with Crippen molar-refractivity contribution in [1.82, 2.24) is 14.8 Å². The molecule has 27 heavy (non-hydrogen) atoms. The number of carbonyl (C=O) groups is 1. The number of fused-ring (bicyclic) bond motifs is 1. The van der Waals surface area contributed by atoms with Gasteiger partial charge in [-0.25, -0.2) is 4.98 Å². The normalized spacial score (nSPS) is 12.6. The first-order chi connectivity index (χ1) is 12.7. The Morgan fingerprint density at radius 3 is 2.67 bits per heavy atom. The molecule has 0 aliphatic rings. The minimum Gasteiger partial charge on any atom is -0.469 e. The largest absolute Gasteiger partial charge is 0.469 e. The minimum atomic E-state index is -0.433. The summed E-state index contributed by atoms with van der Waals surface area (Å²) < 4.78 is 7.12. The third kappa shape index (κ3) is 4.00. The van der Waals surface area contributed by atoms with Gasteiger partial charge in [0.05, 0.1) is 40.5 Å². The van der Waals surface area contributed by atoms with Crippen molar-refractivity contribution in [2.24, 2.45) is 4.99 Å². The van der Waals surface area contributed by atoms with E-state index in [-0.39, 0.29) is 17.5 Å². The quantitative estimate of drug-likeness (QED) is 0.551. The van der Waals surface area contributed by atoms with Gasteiger partial charge in [-0.2, -0.15) is 4.68 Å². The number of H-pyrrole nitrogens is 1. The van der Waals surface area contributed by atoms with E-state index < -0.39 is 5.97 Å². The number of thiazole rings is 1. The fraction of sp³-hybridized carbons (Fsp3) is 0.368. The van der Waals surface area contributed by atoms with Crippen LogP contribution in [0.1, 0.15) is 39.0 Å². The molecular weight excluding hydrogens is 364 g/mol. The molecule has 3 rings (SSSR count). The molecule has 8 heteroatoms. The highest BCUT2D eigenvalue weighted by Crippen LogP contribution is 2.24. The third-order valence-corrected chi connectivity index (χ3v) is 4.87. The Morgan fingerprint density at radius 2 is 2.04 bits per heavy atom. The number of aliphatic imine (C=N–C) groups is 1. The lowest BCUT2D eigenvalue weighted by atomic mass is 10.1. The number of hydrogen-bond donors (Lipinski definition) is 1.